The Hall–Kier alpha value is 0. The van der Waals surface area contributed by atoms with E-state index >= 15 is 0 Å². The molecule has 0 aliphatic rings. The molecule has 0 N–H and O–H groups in total. The summed E-state index contributed by atoms with van der Waals surface area (Å²) < 4.78 is 0. The molecule has 0 aromatic rings. The topological polar surface area (TPSA) is 0 Å². The first-order valence-corrected chi connectivity index (χ1v) is 30.9. The number of hydrogen-bond donors (Lipinski definition) is 0. The van der Waals surface area contributed by atoms with Gasteiger partial charge in [0.15, 0.2) is 0 Å². The Morgan fingerprint density at radius 3 is 0.206 bits per heavy atom. The van der Waals surface area contributed by atoms with Crippen molar-refractivity contribution in [1.82, 2.24) is 0 Å². The lowest BCUT2D eigenvalue weighted by Gasteiger charge is -1.99. The Kier molecular flexibility index (Phi) is 118. The maximum Gasteiger partial charge on any atom is -0.0533 e. The van der Waals surface area contributed by atoms with Crippen molar-refractivity contribution in [3.63, 3.8) is 0 Å². The standard InChI is InChI=1S/C12H26.C11H24.C10H22.C9H20.C8H18.C7H16.C6H14/c1-3-5-7-9-11-12-10-8-6-4-2;1-3-5-7-9-11-10-8-6-4-2;1-3-5-7-9-10-8-6-4-2;1-3-5-7-9-8-6-4-2;1-3-5-7-8-6-4-2;1-3-5-7-6-4-2;1-3-5-6-4-2/h3-12H2,1-2H3;3-11H2,1-2H3;3-10H2,1-2H3;3-9H2,1-2H3;3-8H2,1-2H3;3-7H2,1-2H3;3-6H2,1-2H3. The second-order valence-electron chi connectivity index (χ2n) is 19.4. The molecule has 0 fully saturated rings. The SMILES string of the molecule is CCCCCC.CCCCCCC.CCCCCCCC.CCCCCCCCC.CCCCCCCCCC.CCCCCCCCCCC.CCCCCCCCCCCC. The van der Waals surface area contributed by atoms with Gasteiger partial charge >= 0.3 is 0 Å². The van der Waals surface area contributed by atoms with E-state index in [-0.39, 0.29) is 0 Å². The number of rotatable bonds is 42. The molecule has 0 heteroatoms. The molecule has 0 saturated carbocycles. The largest absolute Gasteiger partial charge is 0.0654 e. The van der Waals surface area contributed by atoms with Gasteiger partial charge in [0.05, 0.1) is 0 Å². The molecule has 0 unspecified atom stereocenters. The third kappa shape index (κ3) is 127. The van der Waals surface area contributed by atoms with Crippen molar-refractivity contribution in [2.75, 3.05) is 0 Å². The summed E-state index contributed by atoms with van der Waals surface area (Å²) in [5.74, 6) is 0. The fourth-order valence-corrected chi connectivity index (χ4v) is 7.21. The first-order chi connectivity index (χ1) is 30.9. The van der Waals surface area contributed by atoms with Gasteiger partial charge in [-0.3, -0.25) is 0 Å². The number of hydrogen-bond acceptors (Lipinski definition) is 0. The zero-order valence-corrected chi connectivity index (χ0v) is 48.6. The van der Waals surface area contributed by atoms with Crippen LogP contribution in [0.4, 0.5) is 0 Å². The summed E-state index contributed by atoms with van der Waals surface area (Å²) in [6.45, 7) is 31.6. The molecule has 0 rings (SSSR count). The summed E-state index contributed by atoms with van der Waals surface area (Å²) >= 11 is 0. The minimum absolute atomic E-state index is 1.36. The first kappa shape index (κ1) is 77.2. The van der Waals surface area contributed by atoms with Crippen molar-refractivity contribution >= 4 is 0 Å². The Labute approximate surface area is 409 Å². The predicted octanol–water partition coefficient (Wildman–Crippen LogP) is 26.3. The highest BCUT2D eigenvalue weighted by atomic mass is 14.0. The second-order valence-corrected chi connectivity index (χ2v) is 19.4. The zero-order chi connectivity index (χ0) is 48.6. The van der Waals surface area contributed by atoms with E-state index < -0.39 is 0 Å². The molecule has 0 amide bonds. The van der Waals surface area contributed by atoms with E-state index in [4.69, 9.17) is 0 Å². The van der Waals surface area contributed by atoms with Crippen molar-refractivity contribution in [3.8, 4) is 0 Å². The Bertz CT molecular complexity index is 504. The smallest absolute Gasteiger partial charge is 0.0533 e. The summed E-state index contributed by atoms with van der Waals surface area (Å²) in [6, 6.07) is 0. The zero-order valence-electron chi connectivity index (χ0n) is 48.6. The van der Waals surface area contributed by atoms with Crippen LogP contribution in [0.3, 0.4) is 0 Å². The third-order valence-electron chi connectivity index (χ3n) is 11.9. The van der Waals surface area contributed by atoms with E-state index in [1.807, 2.05) is 0 Å². The van der Waals surface area contributed by atoms with Crippen LogP contribution in [-0.2, 0) is 0 Å². The monoisotopic (exact) mass is 897 g/mol. The molecular weight excluding hydrogens is 757 g/mol. The van der Waals surface area contributed by atoms with Crippen LogP contribution in [0.2, 0.25) is 0 Å². The average molecular weight is 898 g/mol. The van der Waals surface area contributed by atoms with Crippen LogP contribution in [0.1, 0.15) is 412 Å². The van der Waals surface area contributed by atoms with Crippen LogP contribution < -0.4 is 0 Å². The summed E-state index contributed by atoms with van der Waals surface area (Å²) in [7, 11) is 0. The van der Waals surface area contributed by atoms with Gasteiger partial charge in [-0.25, -0.2) is 0 Å². The average Bonchev–Trinajstić information content (AvgIpc) is 3.30. The van der Waals surface area contributed by atoms with Gasteiger partial charge < -0.3 is 0 Å². The van der Waals surface area contributed by atoms with Crippen molar-refractivity contribution in [2.45, 2.75) is 412 Å². The van der Waals surface area contributed by atoms with E-state index in [1.54, 1.807) is 0 Å². The van der Waals surface area contributed by atoms with Gasteiger partial charge in [-0.2, -0.15) is 0 Å². The Morgan fingerprint density at radius 2 is 0.127 bits per heavy atom. The van der Waals surface area contributed by atoms with Gasteiger partial charge in [-0.15, -0.1) is 0 Å². The molecule has 0 aliphatic heterocycles. The Balaban J connectivity index is -0.000000117. The second kappa shape index (κ2) is 96.1. The van der Waals surface area contributed by atoms with Gasteiger partial charge in [-0.1, -0.05) is 412 Å². The van der Waals surface area contributed by atoms with Gasteiger partial charge in [0.1, 0.15) is 0 Å². The molecule has 0 spiro atoms. The molecule has 0 bridgehead atoms. The van der Waals surface area contributed by atoms with Crippen molar-refractivity contribution in [2.24, 2.45) is 0 Å². The third-order valence-corrected chi connectivity index (χ3v) is 11.9. The van der Waals surface area contributed by atoms with Crippen molar-refractivity contribution in [1.29, 1.82) is 0 Å². The molecule has 0 aromatic heterocycles. The maximum absolute atomic E-state index is 2.28. The minimum atomic E-state index is 1.36. The van der Waals surface area contributed by atoms with Gasteiger partial charge in [0, 0.05) is 0 Å². The normalized spacial score (nSPS) is 10.0. The molecule has 0 aromatic carbocycles. The highest BCUT2D eigenvalue weighted by Gasteiger charge is 1.92. The van der Waals surface area contributed by atoms with Crippen molar-refractivity contribution < 1.29 is 0 Å². The molecule has 63 heavy (non-hydrogen) atoms. The predicted molar refractivity (Wildman–Crippen MR) is 306 cm³/mol. The van der Waals surface area contributed by atoms with Gasteiger partial charge in [0.25, 0.3) is 0 Å². The maximum atomic E-state index is 2.28. The summed E-state index contributed by atoms with van der Waals surface area (Å²) in [5.41, 5.74) is 0. The minimum Gasteiger partial charge on any atom is -0.0654 e. The molecule has 0 radical (unpaired) electrons. The van der Waals surface area contributed by atoms with Crippen LogP contribution in [0.5, 0.6) is 0 Å². The van der Waals surface area contributed by atoms with E-state index in [9.17, 15) is 0 Å². The molecule has 392 valence electrons. The lowest BCUT2D eigenvalue weighted by atomic mass is 10.1. The highest BCUT2D eigenvalue weighted by Crippen LogP contribution is 2.11. The number of unbranched alkanes of at least 4 members (excludes halogenated alkanes) is 42. The molecule has 0 saturated heterocycles. The van der Waals surface area contributed by atoms with E-state index in [0.29, 0.717) is 0 Å². The van der Waals surface area contributed by atoms with Crippen molar-refractivity contribution in [3.05, 3.63) is 0 Å². The van der Waals surface area contributed by atoms with E-state index in [1.165, 1.54) is 315 Å². The van der Waals surface area contributed by atoms with Crippen LogP contribution in [0.15, 0.2) is 0 Å². The quantitative estimate of drug-likeness (QED) is 0.0536. The fourth-order valence-electron chi connectivity index (χ4n) is 7.21. The van der Waals surface area contributed by atoms with Crippen LogP contribution in [0, 0.1) is 0 Å². The molecule has 0 atom stereocenters. The lowest BCUT2D eigenvalue weighted by Crippen LogP contribution is -1.80. The summed E-state index contributed by atoms with van der Waals surface area (Å²) in [4.78, 5) is 0. The van der Waals surface area contributed by atoms with E-state index in [2.05, 4.69) is 96.9 Å². The molecule has 0 nitrogen and oxygen atoms in total. The van der Waals surface area contributed by atoms with E-state index in [0.717, 1.165) is 0 Å². The Morgan fingerprint density at radius 1 is 0.0794 bits per heavy atom. The van der Waals surface area contributed by atoms with Crippen LogP contribution >= 0.6 is 0 Å². The molecule has 0 heterocycles. The molecule has 0 aliphatic carbocycles. The fraction of sp³-hybridized carbons (Fsp3) is 1.00. The summed E-state index contributed by atoms with van der Waals surface area (Å²) in [5, 5.41) is 0. The van der Waals surface area contributed by atoms with Crippen LogP contribution in [-0.4, -0.2) is 0 Å². The van der Waals surface area contributed by atoms with Gasteiger partial charge in [0.2, 0.25) is 0 Å². The molecular formula is C63H140. The lowest BCUT2D eigenvalue weighted by molar-refractivity contribution is 0.562. The van der Waals surface area contributed by atoms with Gasteiger partial charge in [-0.05, 0) is 0 Å². The first-order valence-electron chi connectivity index (χ1n) is 30.9. The summed E-state index contributed by atoms with van der Waals surface area (Å²) in [6.07, 6.45) is 69.9. The van der Waals surface area contributed by atoms with Crippen LogP contribution in [0.25, 0.3) is 0 Å². The highest BCUT2D eigenvalue weighted by molar-refractivity contribution is 4.47.